The Morgan fingerprint density at radius 3 is 1.95 bits per heavy atom. The van der Waals surface area contributed by atoms with E-state index in [9.17, 15) is 5.11 Å². The van der Waals surface area contributed by atoms with Gasteiger partial charge in [-0.15, -0.1) is 0 Å². The first-order valence-corrected chi connectivity index (χ1v) is 6.51. The molecule has 1 saturated heterocycles. The molecule has 4 nitrogen and oxygen atoms in total. The maximum Gasteiger partial charge on any atom is 0.494 e. The topological polar surface area (TPSA) is 58.9 Å². The summed E-state index contributed by atoms with van der Waals surface area (Å²) in [6.07, 6.45) is -0.840. The van der Waals surface area contributed by atoms with E-state index >= 15 is 0 Å². The molecule has 0 radical (unpaired) electrons. The van der Waals surface area contributed by atoms with E-state index < -0.39 is 13.2 Å². The lowest BCUT2D eigenvalue weighted by molar-refractivity contribution is 0.00578. The predicted molar refractivity (Wildman–Crippen MR) is 74.2 cm³/mol. The van der Waals surface area contributed by atoms with Gasteiger partial charge < -0.3 is 19.5 Å². The minimum absolute atomic E-state index is 0.282. The summed E-state index contributed by atoms with van der Waals surface area (Å²) >= 11 is 0. The van der Waals surface area contributed by atoms with Gasteiger partial charge in [0, 0.05) is 0 Å². The Bertz CT molecular complexity index is 425. The normalized spacial score (nSPS) is 22.5. The molecular formula is C14H21BO4. The highest BCUT2D eigenvalue weighted by atomic mass is 16.7. The van der Waals surface area contributed by atoms with E-state index in [1.54, 1.807) is 12.1 Å². The molecule has 0 saturated carbocycles. The van der Waals surface area contributed by atoms with Gasteiger partial charge in [0.1, 0.15) is 6.10 Å². The third-order valence-electron chi connectivity index (χ3n) is 4.02. The first kappa shape index (κ1) is 14.5. The second-order valence-corrected chi connectivity index (χ2v) is 5.95. The summed E-state index contributed by atoms with van der Waals surface area (Å²) in [4.78, 5) is 0. The molecule has 1 aliphatic rings. The van der Waals surface area contributed by atoms with Gasteiger partial charge in [0.15, 0.2) is 0 Å². The molecule has 1 heterocycles. The molecule has 0 bridgehead atoms. The molecule has 0 amide bonds. The Morgan fingerprint density at radius 2 is 1.53 bits per heavy atom. The van der Waals surface area contributed by atoms with E-state index in [0.717, 1.165) is 5.46 Å². The summed E-state index contributed by atoms with van der Waals surface area (Å²) in [6.45, 7) is 7.76. The fourth-order valence-electron chi connectivity index (χ4n) is 1.96. The largest absolute Gasteiger partial charge is 0.494 e. The van der Waals surface area contributed by atoms with Gasteiger partial charge in [-0.3, -0.25) is 0 Å². The van der Waals surface area contributed by atoms with Crippen LogP contribution in [0, 0.1) is 0 Å². The molecule has 0 spiro atoms. The maximum atomic E-state index is 9.54. The lowest BCUT2D eigenvalue weighted by atomic mass is 9.78. The zero-order chi connectivity index (χ0) is 14.3. The van der Waals surface area contributed by atoms with Crippen molar-refractivity contribution >= 4 is 12.6 Å². The van der Waals surface area contributed by atoms with Gasteiger partial charge in [-0.1, -0.05) is 24.3 Å². The van der Waals surface area contributed by atoms with Crippen LogP contribution in [-0.2, 0) is 9.31 Å². The third-order valence-corrected chi connectivity index (χ3v) is 4.02. The number of aliphatic hydroxyl groups is 2. The van der Waals surface area contributed by atoms with Crippen molar-refractivity contribution in [2.45, 2.75) is 45.0 Å². The summed E-state index contributed by atoms with van der Waals surface area (Å²) in [5, 5.41) is 18.4. The van der Waals surface area contributed by atoms with E-state index in [2.05, 4.69) is 0 Å². The van der Waals surface area contributed by atoms with Gasteiger partial charge in [0.05, 0.1) is 17.8 Å². The number of aliphatic hydroxyl groups excluding tert-OH is 2. The van der Waals surface area contributed by atoms with Crippen LogP contribution in [0.25, 0.3) is 0 Å². The van der Waals surface area contributed by atoms with Crippen LogP contribution in [0.2, 0.25) is 0 Å². The molecule has 5 heteroatoms. The molecule has 2 N–H and O–H groups in total. The molecule has 1 atom stereocenters. The Morgan fingerprint density at radius 1 is 1.05 bits per heavy atom. The van der Waals surface area contributed by atoms with Gasteiger partial charge in [-0.2, -0.15) is 0 Å². The first-order valence-electron chi connectivity index (χ1n) is 6.51. The van der Waals surface area contributed by atoms with Crippen molar-refractivity contribution in [3.05, 3.63) is 29.8 Å². The predicted octanol–water partition coefficient (Wildman–Crippen LogP) is 1.01. The quantitative estimate of drug-likeness (QED) is 0.800. The number of hydrogen-bond donors (Lipinski definition) is 2. The molecule has 104 valence electrons. The van der Waals surface area contributed by atoms with Crippen molar-refractivity contribution in [3.8, 4) is 0 Å². The Labute approximate surface area is 114 Å². The molecule has 0 aromatic heterocycles. The molecule has 0 unspecified atom stereocenters. The average molecular weight is 264 g/mol. The van der Waals surface area contributed by atoms with Crippen molar-refractivity contribution in [3.63, 3.8) is 0 Å². The summed E-state index contributed by atoms with van der Waals surface area (Å²) in [5.41, 5.74) is 0.873. The van der Waals surface area contributed by atoms with Gasteiger partial charge in [0.2, 0.25) is 0 Å². The van der Waals surface area contributed by atoms with E-state index in [1.807, 2.05) is 39.8 Å². The van der Waals surface area contributed by atoms with Crippen LogP contribution in [0.4, 0.5) is 0 Å². The SMILES string of the molecule is CC1(C)OB(c2ccc([C@H](O)CO)cc2)OC1(C)C. The number of benzene rings is 1. The van der Waals surface area contributed by atoms with Crippen molar-refractivity contribution in [2.75, 3.05) is 6.61 Å². The standard InChI is InChI=1S/C14H21BO4/c1-13(2)14(3,4)19-15(18-13)11-7-5-10(6-8-11)12(17)9-16/h5-8,12,16-17H,9H2,1-4H3/t12-/m1/s1. The van der Waals surface area contributed by atoms with Gasteiger partial charge in [-0.05, 0) is 38.7 Å². The van der Waals surface area contributed by atoms with Gasteiger partial charge >= 0.3 is 7.12 Å². The van der Waals surface area contributed by atoms with Crippen molar-refractivity contribution < 1.29 is 19.5 Å². The second kappa shape index (κ2) is 4.91. The number of hydrogen-bond acceptors (Lipinski definition) is 4. The molecule has 19 heavy (non-hydrogen) atoms. The van der Waals surface area contributed by atoms with Crippen LogP contribution >= 0.6 is 0 Å². The fourth-order valence-corrected chi connectivity index (χ4v) is 1.96. The smallest absolute Gasteiger partial charge is 0.399 e. The third kappa shape index (κ3) is 2.70. The maximum absolute atomic E-state index is 9.54. The fraction of sp³-hybridized carbons (Fsp3) is 0.571. The van der Waals surface area contributed by atoms with Crippen molar-refractivity contribution in [1.82, 2.24) is 0 Å². The first-order chi connectivity index (χ1) is 8.77. The van der Waals surface area contributed by atoms with E-state index in [4.69, 9.17) is 14.4 Å². The molecule has 2 rings (SSSR count). The van der Waals surface area contributed by atoms with Crippen LogP contribution in [0.3, 0.4) is 0 Å². The molecule has 1 aliphatic heterocycles. The monoisotopic (exact) mass is 264 g/mol. The minimum atomic E-state index is -0.840. The van der Waals surface area contributed by atoms with Crippen LogP contribution in [0.5, 0.6) is 0 Å². The van der Waals surface area contributed by atoms with Gasteiger partial charge in [0.25, 0.3) is 0 Å². The molecule has 0 aliphatic carbocycles. The summed E-state index contributed by atoms with van der Waals surface area (Å²) in [6, 6.07) is 7.27. The van der Waals surface area contributed by atoms with Crippen LogP contribution in [0.1, 0.15) is 39.4 Å². The molecule has 1 fully saturated rings. The van der Waals surface area contributed by atoms with E-state index in [0.29, 0.717) is 5.56 Å². The molecule has 1 aromatic carbocycles. The highest BCUT2D eigenvalue weighted by Gasteiger charge is 2.51. The van der Waals surface area contributed by atoms with E-state index in [-0.39, 0.29) is 17.8 Å². The summed E-state index contributed by atoms with van der Waals surface area (Å²) in [5.74, 6) is 0. The van der Waals surface area contributed by atoms with E-state index in [1.165, 1.54) is 0 Å². The van der Waals surface area contributed by atoms with Crippen LogP contribution < -0.4 is 5.46 Å². The van der Waals surface area contributed by atoms with Crippen LogP contribution in [0.15, 0.2) is 24.3 Å². The minimum Gasteiger partial charge on any atom is -0.399 e. The van der Waals surface area contributed by atoms with Crippen molar-refractivity contribution in [2.24, 2.45) is 0 Å². The number of rotatable bonds is 3. The Hall–Kier alpha value is -0.875. The van der Waals surface area contributed by atoms with Gasteiger partial charge in [-0.25, -0.2) is 0 Å². The lowest BCUT2D eigenvalue weighted by Gasteiger charge is -2.32. The highest BCUT2D eigenvalue weighted by Crippen LogP contribution is 2.36. The second-order valence-electron chi connectivity index (χ2n) is 5.95. The zero-order valence-corrected chi connectivity index (χ0v) is 11.9. The Kier molecular flexibility index (Phi) is 3.75. The lowest BCUT2D eigenvalue weighted by Crippen LogP contribution is -2.41. The zero-order valence-electron chi connectivity index (χ0n) is 11.9. The summed E-state index contributed by atoms with van der Waals surface area (Å²) in [7, 11) is -0.398. The van der Waals surface area contributed by atoms with Crippen molar-refractivity contribution in [1.29, 1.82) is 0 Å². The average Bonchev–Trinajstić information content (AvgIpc) is 2.58. The summed E-state index contributed by atoms with van der Waals surface area (Å²) < 4.78 is 11.9. The van der Waals surface area contributed by atoms with Crippen LogP contribution in [-0.4, -0.2) is 35.1 Å². The molecule has 1 aromatic rings. The molecular weight excluding hydrogens is 243 g/mol. The highest BCUT2D eigenvalue weighted by molar-refractivity contribution is 6.62. The Balaban J connectivity index is 2.17.